The molecule has 5 rings (SSSR count). The Labute approximate surface area is 171 Å². The summed E-state index contributed by atoms with van der Waals surface area (Å²) in [4.78, 5) is 12.4. The fourth-order valence-electron chi connectivity index (χ4n) is 4.18. The smallest absolute Gasteiger partial charge is 0.475 e. The molecule has 11 nitrogen and oxygen atoms in total. The van der Waals surface area contributed by atoms with Crippen molar-refractivity contribution in [1.29, 1.82) is 0 Å². The molecule has 2 N–H and O–H groups in total. The van der Waals surface area contributed by atoms with Gasteiger partial charge in [-0.05, 0) is 13.3 Å². The summed E-state index contributed by atoms with van der Waals surface area (Å²) in [7, 11) is -2.47. The van der Waals surface area contributed by atoms with Gasteiger partial charge in [0.15, 0.2) is 23.1 Å². The van der Waals surface area contributed by atoms with E-state index in [9.17, 15) is 4.57 Å². The molecule has 6 atom stereocenters. The molecule has 30 heavy (non-hydrogen) atoms. The number of phosphoric acid groups is 1. The summed E-state index contributed by atoms with van der Waals surface area (Å²) in [6.45, 7) is 3.51. The van der Waals surface area contributed by atoms with Crippen LogP contribution in [0.4, 0.5) is 10.3 Å². The molecule has 164 valence electrons. The lowest BCUT2D eigenvalue weighted by Crippen LogP contribution is -2.45. The van der Waals surface area contributed by atoms with Crippen LogP contribution in [-0.4, -0.2) is 56.7 Å². The zero-order valence-electron chi connectivity index (χ0n) is 16.8. The van der Waals surface area contributed by atoms with E-state index in [2.05, 4.69) is 15.0 Å². The second kappa shape index (κ2) is 6.57. The highest BCUT2D eigenvalue weighted by Crippen LogP contribution is 2.72. The number of phosphoric ester groups is 1. The van der Waals surface area contributed by atoms with Gasteiger partial charge in [0.05, 0.1) is 20.0 Å². The Morgan fingerprint density at radius 1 is 1.43 bits per heavy atom. The van der Waals surface area contributed by atoms with Crippen LogP contribution in [0.3, 0.4) is 0 Å². The molecule has 1 spiro atoms. The van der Waals surface area contributed by atoms with Crippen LogP contribution in [0.2, 0.25) is 0 Å². The van der Waals surface area contributed by atoms with Gasteiger partial charge in [-0.3, -0.25) is 18.1 Å². The second-order valence-corrected chi connectivity index (χ2v) is 9.48. The van der Waals surface area contributed by atoms with Crippen molar-refractivity contribution in [2.24, 2.45) is 0 Å². The van der Waals surface area contributed by atoms with Gasteiger partial charge in [0, 0.05) is 6.42 Å². The number of anilines is 1. The van der Waals surface area contributed by atoms with Gasteiger partial charge in [-0.25, -0.2) is 13.9 Å². The van der Waals surface area contributed by atoms with Crippen molar-refractivity contribution in [3.63, 3.8) is 0 Å². The van der Waals surface area contributed by atoms with Gasteiger partial charge in [0.25, 0.3) is 0 Å². The van der Waals surface area contributed by atoms with Gasteiger partial charge in [0.2, 0.25) is 11.8 Å². The largest absolute Gasteiger partial charge is 0.479 e. The Kier molecular flexibility index (Phi) is 4.40. The van der Waals surface area contributed by atoms with Crippen LogP contribution >= 0.6 is 7.82 Å². The molecule has 0 aromatic carbocycles. The number of nitrogens with zero attached hydrogens (tertiary/aromatic N) is 4. The molecule has 1 aliphatic carbocycles. The molecule has 0 radical (unpaired) electrons. The average Bonchev–Trinajstić information content (AvgIpc) is 3.15. The van der Waals surface area contributed by atoms with Crippen molar-refractivity contribution in [2.75, 3.05) is 19.5 Å². The van der Waals surface area contributed by atoms with Gasteiger partial charge in [0.1, 0.15) is 17.8 Å². The number of hydrogen-bond acceptors (Lipinski definition) is 10. The molecule has 0 bridgehead atoms. The van der Waals surface area contributed by atoms with E-state index in [0.717, 1.165) is 6.42 Å². The zero-order valence-corrected chi connectivity index (χ0v) is 17.7. The summed E-state index contributed by atoms with van der Waals surface area (Å²) in [6, 6.07) is 0. The molecular formula is C17H23FN5O6P. The molecule has 3 fully saturated rings. The number of halogens is 1. The highest BCUT2D eigenvalue weighted by atomic mass is 31.2. The van der Waals surface area contributed by atoms with E-state index >= 15 is 4.39 Å². The standard InChI is InChI=1S/C17H23FN5O6P/c1-4-5-6-26-30(24)28-9-7-17(9)13(29-30)16(2,18)14(27-17)23-8-20-10-11(23)21-15(19)22-12(10)25-3/h8-9,13-14H,4-7H2,1-3H3,(H2,19,21,22)/t9?,13-,14+,16+,17?,30?/m0/s1. The molecule has 2 aromatic heterocycles. The average molecular weight is 443 g/mol. The van der Waals surface area contributed by atoms with E-state index in [0.29, 0.717) is 18.4 Å². The molecule has 1 saturated carbocycles. The summed E-state index contributed by atoms with van der Waals surface area (Å²) >= 11 is 0. The molecule has 13 heteroatoms. The summed E-state index contributed by atoms with van der Waals surface area (Å²) in [5, 5.41) is 0. The fourth-order valence-corrected chi connectivity index (χ4v) is 5.91. The van der Waals surface area contributed by atoms with Crippen LogP contribution in [0.25, 0.3) is 11.2 Å². The topological polar surface area (TPSA) is 133 Å². The first-order valence-electron chi connectivity index (χ1n) is 9.76. The number of hydrogen-bond donors (Lipinski definition) is 1. The Morgan fingerprint density at radius 2 is 2.23 bits per heavy atom. The minimum atomic E-state index is -3.90. The summed E-state index contributed by atoms with van der Waals surface area (Å²) in [5.41, 5.74) is 3.21. The number of imidazole rings is 1. The first kappa shape index (κ1) is 20.1. The molecule has 2 saturated heterocycles. The van der Waals surface area contributed by atoms with E-state index < -0.39 is 37.5 Å². The van der Waals surface area contributed by atoms with E-state index in [1.165, 1.54) is 24.9 Å². The van der Waals surface area contributed by atoms with Crippen LogP contribution in [-0.2, 0) is 22.9 Å². The summed E-state index contributed by atoms with van der Waals surface area (Å²) < 4.78 is 58.3. The van der Waals surface area contributed by atoms with Crippen molar-refractivity contribution >= 4 is 24.9 Å². The number of alkyl halides is 1. The highest BCUT2D eigenvalue weighted by molar-refractivity contribution is 7.48. The van der Waals surface area contributed by atoms with E-state index in [1.807, 2.05) is 6.92 Å². The fraction of sp³-hybridized carbons (Fsp3) is 0.706. The van der Waals surface area contributed by atoms with Crippen molar-refractivity contribution in [3.05, 3.63) is 6.33 Å². The molecule has 3 unspecified atom stereocenters. The lowest BCUT2D eigenvalue weighted by Gasteiger charge is -2.33. The molecule has 3 aliphatic rings. The third-order valence-corrected chi connectivity index (χ3v) is 7.23. The maximum atomic E-state index is 16.2. The predicted molar refractivity (Wildman–Crippen MR) is 101 cm³/mol. The van der Waals surface area contributed by atoms with Gasteiger partial charge in [-0.2, -0.15) is 9.97 Å². The molecular weight excluding hydrogens is 420 g/mol. The SMILES string of the molecule is CCCCOP1(=O)OC2CC23O[C@@H](n2cnc4c(OC)nc(N)nc42)[C@](C)(F)[C@@H]3O1. The van der Waals surface area contributed by atoms with Crippen LogP contribution in [0.1, 0.15) is 39.3 Å². The second-order valence-electron chi connectivity index (χ2n) is 7.91. The maximum absolute atomic E-state index is 16.2. The third-order valence-electron chi connectivity index (χ3n) is 5.75. The third kappa shape index (κ3) is 2.78. The highest BCUT2D eigenvalue weighted by Gasteiger charge is 2.80. The first-order valence-corrected chi connectivity index (χ1v) is 11.2. The minimum Gasteiger partial charge on any atom is -0.479 e. The first-order chi connectivity index (χ1) is 14.2. The lowest BCUT2D eigenvalue weighted by atomic mass is 9.97. The minimum absolute atomic E-state index is 0.0482. The number of unbranched alkanes of at least 4 members (excludes halogenated alkanes) is 1. The van der Waals surface area contributed by atoms with E-state index in [1.54, 1.807) is 0 Å². The quantitative estimate of drug-likeness (QED) is 0.524. The number of methoxy groups -OCH3 is 1. The number of rotatable bonds is 6. The summed E-state index contributed by atoms with van der Waals surface area (Å²) in [5.74, 6) is 0.121. The Morgan fingerprint density at radius 3 is 2.97 bits per heavy atom. The van der Waals surface area contributed by atoms with Crippen molar-refractivity contribution in [3.8, 4) is 5.88 Å². The maximum Gasteiger partial charge on any atom is 0.475 e. The zero-order chi connectivity index (χ0) is 21.3. The van der Waals surface area contributed by atoms with Crippen molar-refractivity contribution in [1.82, 2.24) is 19.5 Å². The van der Waals surface area contributed by atoms with Crippen LogP contribution < -0.4 is 10.5 Å². The molecule has 2 aromatic rings. The molecule has 0 amide bonds. The van der Waals surface area contributed by atoms with E-state index in [-0.39, 0.29) is 24.1 Å². The Bertz CT molecular complexity index is 1050. The van der Waals surface area contributed by atoms with Gasteiger partial charge >= 0.3 is 7.82 Å². The molecule has 2 aliphatic heterocycles. The number of ether oxygens (including phenoxy) is 2. The number of aromatic nitrogens is 4. The normalized spacial score (nSPS) is 39.7. The van der Waals surface area contributed by atoms with Gasteiger partial charge in [-0.15, -0.1) is 0 Å². The number of nitrogens with two attached hydrogens (primary N) is 1. The van der Waals surface area contributed by atoms with Crippen LogP contribution in [0.15, 0.2) is 6.33 Å². The predicted octanol–water partition coefficient (Wildman–Crippen LogP) is 2.53. The van der Waals surface area contributed by atoms with E-state index in [4.69, 9.17) is 28.8 Å². The number of nitrogen functional groups attached to an aromatic ring is 1. The van der Waals surface area contributed by atoms with Crippen molar-refractivity contribution in [2.45, 2.75) is 62.8 Å². The Hall–Kier alpha value is -1.85. The van der Waals surface area contributed by atoms with Gasteiger partial charge in [-0.1, -0.05) is 13.3 Å². The monoisotopic (exact) mass is 443 g/mol. The molecule has 4 heterocycles. The lowest BCUT2D eigenvalue weighted by molar-refractivity contribution is -0.0810. The number of fused-ring (bicyclic) bond motifs is 1. The van der Waals surface area contributed by atoms with Gasteiger partial charge < -0.3 is 15.2 Å². The van der Waals surface area contributed by atoms with Crippen molar-refractivity contribution < 1.29 is 32.0 Å². The summed E-state index contributed by atoms with van der Waals surface area (Å²) in [6.07, 6.45) is 0.391. The van der Waals surface area contributed by atoms with Crippen LogP contribution in [0, 0.1) is 0 Å². The Balaban J connectivity index is 1.50. The van der Waals surface area contributed by atoms with Crippen LogP contribution in [0.5, 0.6) is 5.88 Å².